The number of hydrogen-bond acceptors (Lipinski definition) is 8. The molecule has 0 aliphatic rings. The average molecular weight is 588 g/mol. The standard InChI is InChI=1S/C27H41N9O6/c1-3-15(2)22(25(40)35-21(26(41)42)11-16-6-8-18(37)9-7-16)36-24(39)20(5-4-10-32-27(29)30)34-23(38)19(28)12-17-13-31-14-33-17/h6-9,13-15,19-22,37H,3-5,10-12,28H2,1-2H3,(H,31,33)(H,34,38)(H,35,40)(H,36,39)(H,41,42)(H4,29,30,32). The summed E-state index contributed by atoms with van der Waals surface area (Å²) in [4.78, 5) is 62.2. The quantitative estimate of drug-likeness (QED) is 0.0610. The first-order valence-electron chi connectivity index (χ1n) is 13.6. The van der Waals surface area contributed by atoms with Crippen LogP contribution in [0.4, 0.5) is 0 Å². The van der Waals surface area contributed by atoms with Gasteiger partial charge in [0.2, 0.25) is 17.7 Å². The molecule has 0 aliphatic heterocycles. The normalized spacial score (nSPS) is 14.5. The molecule has 3 amide bonds. The van der Waals surface area contributed by atoms with Crippen molar-refractivity contribution in [3.05, 3.63) is 48.0 Å². The van der Waals surface area contributed by atoms with E-state index in [0.717, 1.165) is 0 Å². The number of imidazole rings is 1. The van der Waals surface area contributed by atoms with Gasteiger partial charge in [0.25, 0.3) is 0 Å². The summed E-state index contributed by atoms with van der Waals surface area (Å²) < 4.78 is 0. The fourth-order valence-corrected chi connectivity index (χ4v) is 4.06. The summed E-state index contributed by atoms with van der Waals surface area (Å²) in [6.45, 7) is 3.77. The Balaban J connectivity index is 2.17. The molecule has 0 saturated heterocycles. The van der Waals surface area contributed by atoms with Crippen molar-refractivity contribution in [1.29, 1.82) is 0 Å². The number of carboxylic acids is 1. The van der Waals surface area contributed by atoms with Crippen LogP contribution in [0.3, 0.4) is 0 Å². The fourth-order valence-electron chi connectivity index (χ4n) is 4.06. The Morgan fingerprint density at radius 3 is 2.24 bits per heavy atom. The lowest BCUT2D eigenvalue weighted by Gasteiger charge is -2.28. The Kier molecular flexibility index (Phi) is 13.2. The highest BCUT2D eigenvalue weighted by Crippen LogP contribution is 2.14. The first kappa shape index (κ1) is 33.5. The molecule has 2 rings (SSSR count). The van der Waals surface area contributed by atoms with Gasteiger partial charge >= 0.3 is 5.97 Å². The number of nitrogens with two attached hydrogens (primary N) is 3. The van der Waals surface area contributed by atoms with E-state index in [0.29, 0.717) is 24.1 Å². The average Bonchev–Trinajstić information content (AvgIpc) is 3.46. The summed E-state index contributed by atoms with van der Waals surface area (Å²) >= 11 is 0. The van der Waals surface area contributed by atoms with Crippen LogP contribution in [-0.4, -0.2) is 80.5 Å². The van der Waals surface area contributed by atoms with Crippen molar-refractivity contribution in [1.82, 2.24) is 25.9 Å². The number of H-pyrrole nitrogens is 1. The van der Waals surface area contributed by atoms with E-state index in [4.69, 9.17) is 17.2 Å². The van der Waals surface area contributed by atoms with Gasteiger partial charge < -0.3 is 48.3 Å². The van der Waals surface area contributed by atoms with Crippen molar-refractivity contribution in [2.45, 2.75) is 70.1 Å². The number of carboxylic acid groups (broad SMARTS) is 1. The smallest absolute Gasteiger partial charge is 0.326 e. The molecule has 15 nitrogen and oxygen atoms in total. The second-order valence-electron chi connectivity index (χ2n) is 10.0. The third-order valence-electron chi connectivity index (χ3n) is 6.69. The predicted molar refractivity (Wildman–Crippen MR) is 155 cm³/mol. The highest BCUT2D eigenvalue weighted by Gasteiger charge is 2.32. The third kappa shape index (κ3) is 11.1. The minimum Gasteiger partial charge on any atom is -0.508 e. The van der Waals surface area contributed by atoms with Gasteiger partial charge in [0, 0.05) is 31.3 Å². The molecule has 1 aromatic carbocycles. The van der Waals surface area contributed by atoms with Crippen LogP contribution in [0, 0.1) is 5.92 Å². The number of benzene rings is 1. The molecular weight excluding hydrogens is 546 g/mol. The number of amides is 3. The summed E-state index contributed by atoms with van der Waals surface area (Å²) in [5.41, 5.74) is 18.0. The van der Waals surface area contributed by atoms with E-state index in [1.165, 1.54) is 24.7 Å². The number of aromatic amines is 1. The van der Waals surface area contributed by atoms with Gasteiger partial charge in [-0.3, -0.25) is 19.4 Å². The maximum Gasteiger partial charge on any atom is 0.326 e. The van der Waals surface area contributed by atoms with Crippen LogP contribution in [0.25, 0.3) is 0 Å². The van der Waals surface area contributed by atoms with Crippen molar-refractivity contribution in [3.8, 4) is 5.75 Å². The Morgan fingerprint density at radius 1 is 1.00 bits per heavy atom. The number of aliphatic imine (C=N–C) groups is 1. The SMILES string of the molecule is CCC(C)C(NC(=O)C(CCCN=C(N)N)NC(=O)C(N)Cc1cnc[nH]1)C(=O)NC(Cc1ccc(O)cc1)C(=O)O. The van der Waals surface area contributed by atoms with E-state index in [1.807, 2.05) is 6.92 Å². The minimum atomic E-state index is -1.29. The number of nitrogens with zero attached hydrogens (tertiary/aromatic N) is 2. The van der Waals surface area contributed by atoms with Crippen LogP contribution in [0.5, 0.6) is 5.75 Å². The number of aliphatic carboxylic acids is 1. The van der Waals surface area contributed by atoms with E-state index in [-0.39, 0.29) is 43.4 Å². The molecule has 0 bridgehead atoms. The molecule has 0 saturated carbocycles. The number of hydrogen-bond donors (Lipinski definition) is 9. The zero-order chi connectivity index (χ0) is 31.2. The van der Waals surface area contributed by atoms with Crippen molar-refractivity contribution in [2.75, 3.05) is 6.54 Å². The van der Waals surface area contributed by atoms with Crippen LogP contribution >= 0.6 is 0 Å². The van der Waals surface area contributed by atoms with Crippen molar-refractivity contribution >= 4 is 29.7 Å². The van der Waals surface area contributed by atoms with E-state index in [1.54, 1.807) is 19.1 Å². The molecule has 2 aromatic rings. The number of phenols is 1. The lowest BCUT2D eigenvalue weighted by Crippen LogP contribution is -2.59. The Bertz CT molecular complexity index is 1200. The van der Waals surface area contributed by atoms with E-state index in [9.17, 15) is 29.4 Å². The molecule has 5 atom stereocenters. The zero-order valence-corrected chi connectivity index (χ0v) is 23.7. The Hall–Kier alpha value is -4.66. The molecular formula is C27H41N9O6. The van der Waals surface area contributed by atoms with E-state index in [2.05, 4.69) is 30.9 Å². The van der Waals surface area contributed by atoms with Gasteiger partial charge in [-0.2, -0.15) is 0 Å². The highest BCUT2D eigenvalue weighted by molar-refractivity contribution is 5.94. The molecule has 1 heterocycles. The molecule has 42 heavy (non-hydrogen) atoms. The first-order valence-corrected chi connectivity index (χ1v) is 13.6. The molecule has 1 aromatic heterocycles. The molecule has 0 aliphatic carbocycles. The summed E-state index contributed by atoms with van der Waals surface area (Å²) in [7, 11) is 0. The van der Waals surface area contributed by atoms with Crippen LogP contribution in [-0.2, 0) is 32.0 Å². The molecule has 15 heteroatoms. The van der Waals surface area contributed by atoms with Crippen molar-refractivity contribution < 1.29 is 29.4 Å². The van der Waals surface area contributed by atoms with Gasteiger partial charge in [-0.25, -0.2) is 9.78 Å². The van der Waals surface area contributed by atoms with Crippen LogP contribution in [0.1, 0.15) is 44.4 Å². The Morgan fingerprint density at radius 2 is 1.67 bits per heavy atom. The summed E-state index contributed by atoms with van der Waals surface area (Å²) in [6.07, 6.45) is 4.07. The van der Waals surface area contributed by atoms with Crippen LogP contribution < -0.4 is 33.2 Å². The zero-order valence-electron chi connectivity index (χ0n) is 23.7. The van der Waals surface area contributed by atoms with Gasteiger partial charge in [0.05, 0.1) is 12.4 Å². The van der Waals surface area contributed by atoms with E-state index >= 15 is 0 Å². The van der Waals surface area contributed by atoms with Crippen molar-refractivity contribution in [3.63, 3.8) is 0 Å². The van der Waals surface area contributed by atoms with Crippen LogP contribution in [0.15, 0.2) is 41.8 Å². The summed E-state index contributed by atoms with van der Waals surface area (Å²) in [5.74, 6) is -3.65. The van der Waals surface area contributed by atoms with Gasteiger partial charge in [-0.15, -0.1) is 0 Å². The van der Waals surface area contributed by atoms with Crippen molar-refractivity contribution in [2.24, 2.45) is 28.1 Å². The second-order valence-corrected chi connectivity index (χ2v) is 10.0. The number of carbonyl (C=O) groups excluding carboxylic acids is 3. The number of aromatic nitrogens is 2. The minimum absolute atomic E-state index is 0.0245. The lowest BCUT2D eigenvalue weighted by atomic mass is 9.96. The van der Waals surface area contributed by atoms with Gasteiger partial charge in [-0.05, 0) is 36.5 Å². The van der Waals surface area contributed by atoms with Gasteiger partial charge in [-0.1, -0.05) is 32.4 Å². The number of carbonyl (C=O) groups is 4. The molecule has 0 spiro atoms. The fraction of sp³-hybridized carbons (Fsp3) is 0.481. The molecule has 12 N–H and O–H groups in total. The Labute approximate surface area is 243 Å². The number of aromatic hydroxyl groups is 1. The summed E-state index contributed by atoms with van der Waals surface area (Å²) in [6, 6.07) is 1.49. The first-order chi connectivity index (χ1) is 19.9. The van der Waals surface area contributed by atoms with E-state index < -0.39 is 47.9 Å². The highest BCUT2D eigenvalue weighted by atomic mass is 16.4. The topological polar surface area (TPSA) is 264 Å². The summed E-state index contributed by atoms with van der Waals surface area (Å²) in [5, 5.41) is 27.1. The molecule has 5 unspecified atom stereocenters. The molecule has 0 fully saturated rings. The van der Waals surface area contributed by atoms with Crippen LogP contribution in [0.2, 0.25) is 0 Å². The monoisotopic (exact) mass is 587 g/mol. The van der Waals surface area contributed by atoms with Gasteiger partial charge in [0.15, 0.2) is 5.96 Å². The molecule has 230 valence electrons. The molecule has 0 radical (unpaired) electrons. The third-order valence-corrected chi connectivity index (χ3v) is 6.69. The largest absolute Gasteiger partial charge is 0.508 e. The number of phenolic OH excluding ortho intramolecular Hbond substituents is 1. The number of guanidine groups is 1. The lowest BCUT2D eigenvalue weighted by molar-refractivity contribution is -0.142. The second kappa shape index (κ2) is 16.6. The number of nitrogens with one attached hydrogen (secondary N) is 4. The maximum atomic E-state index is 13.4. The predicted octanol–water partition coefficient (Wildman–Crippen LogP) is -1.13. The van der Waals surface area contributed by atoms with Gasteiger partial charge in [0.1, 0.15) is 23.9 Å². The maximum absolute atomic E-state index is 13.4. The number of rotatable bonds is 17.